The summed E-state index contributed by atoms with van der Waals surface area (Å²) in [6.45, 7) is 3.38. The number of hydrogen-bond donors (Lipinski definition) is 2. The second-order valence-corrected chi connectivity index (χ2v) is 3.15. The SMILES string of the molecule is Cc1cc(OCC(=O)O)cc(C)c1N.Cl. The van der Waals surface area contributed by atoms with Gasteiger partial charge in [0, 0.05) is 5.69 Å². The average Bonchev–Trinajstić information content (AvgIpc) is 2.10. The zero-order chi connectivity index (χ0) is 10.7. The Hall–Kier alpha value is -1.42. The number of hydrogen-bond acceptors (Lipinski definition) is 3. The van der Waals surface area contributed by atoms with Crippen LogP contribution in [0.1, 0.15) is 11.1 Å². The van der Waals surface area contributed by atoms with Gasteiger partial charge >= 0.3 is 5.97 Å². The molecule has 1 aromatic carbocycles. The summed E-state index contributed by atoms with van der Waals surface area (Å²) in [6, 6.07) is 3.45. The highest BCUT2D eigenvalue weighted by Crippen LogP contribution is 2.23. The van der Waals surface area contributed by atoms with Crippen molar-refractivity contribution in [2.45, 2.75) is 13.8 Å². The molecule has 4 nitrogen and oxygen atoms in total. The lowest BCUT2D eigenvalue weighted by atomic mass is 10.1. The van der Waals surface area contributed by atoms with Gasteiger partial charge in [-0.2, -0.15) is 0 Å². The third kappa shape index (κ3) is 3.67. The molecule has 0 saturated carbocycles. The van der Waals surface area contributed by atoms with E-state index < -0.39 is 5.97 Å². The number of rotatable bonds is 3. The Bertz CT molecular complexity index is 343. The molecule has 0 fully saturated rings. The van der Waals surface area contributed by atoms with Gasteiger partial charge in [-0.25, -0.2) is 4.79 Å². The van der Waals surface area contributed by atoms with Gasteiger partial charge in [0.2, 0.25) is 0 Å². The minimum Gasteiger partial charge on any atom is -0.482 e. The smallest absolute Gasteiger partial charge is 0.341 e. The number of anilines is 1. The lowest BCUT2D eigenvalue weighted by Crippen LogP contribution is -2.09. The number of carboxylic acid groups (broad SMARTS) is 1. The maximum Gasteiger partial charge on any atom is 0.341 e. The standard InChI is InChI=1S/C10H13NO3.ClH/c1-6-3-8(14-5-9(12)13)4-7(2)10(6)11;/h3-4H,5,11H2,1-2H3,(H,12,13);1H. The highest BCUT2D eigenvalue weighted by Gasteiger charge is 2.04. The quantitative estimate of drug-likeness (QED) is 0.778. The van der Waals surface area contributed by atoms with Crippen LogP contribution in [0.5, 0.6) is 5.75 Å². The van der Waals surface area contributed by atoms with Crippen LogP contribution in [0.4, 0.5) is 5.69 Å². The van der Waals surface area contributed by atoms with E-state index in [1.165, 1.54) is 0 Å². The minimum absolute atomic E-state index is 0. The van der Waals surface area contributed by atoms with Crippen LogP contribution in [0.25, 0.3) is 0 Å². The molecule has 0 amide bonds. The number of carboxylic acids is 1. The fourth-order valence-electron chi connectivity index (χ4n) is 1.16. The number of ether oxygens (including phenoxy) is 1. The van der Waals surface area contributed by atoms with Crippen molar-refractivity contribution < 1.29 is 14.6 Å². The molecule has 0 atom stereocenters. The molecule has 0 aromatic heterocycles. The second-order valence-electron chi connectivity index (χ2n) is 3.15. The van der Waals surface area contributed by atoms with E-state index in [1.54, 1.807) is 12.1 Å². The van der Waals surface area contributed by atoms with Crippen molar-refractivity contribution in [2.24, 2.45) is 0 Å². The van der Waals surface area contributed by atoms with E-state index in [1.807, 2.05) is 13.8 Å². The van der Waals surface area contributed by atoms with Crippen LogP contribution in [0, 0.1) is 13.8 Å². The molecule has 5 heteroatoms. The summed E-state index contributed by atoms with van der Waals surface area (Å²) in [5.41, 5.74) is 8.24. The van der Waals surface area contributed by atoms with E-state index in [0.29, 0.717) is 11.4 Å². The fraction of sp³-hybridized carbons (Fsp3) is 0.300. The molecule has 1 aromatic rings. The summed E-state index contributed by atoms with van der Waals surface area (Å²) in [5, 5.41) is 8.42. The Morgan fingerprint density at radius 3 is 2.27 bits per heavy atom. The van der Waals surface area contributed by atoms with Crippen molar-refractivity contribution in [2.75, 3.05) is 12.3 Å². The van der Waals surface area contributed by atoms with Gasteiger partial charge in [0.15, 0.2) is 6.61 Å². The Kier molecular flexibility index (Phi) is 4.94. The molecule has 0 aliphatic heterocycles. The highest BCUT2D eigenvalue weighted by atomic mass is 35.5. The Labute approximate surface area is 94.5 Å². The van der Waals surface area contributed by atoms with E-state index in [2.05, 4.69) is 0 Å². The van der Waals surface area contributed by atoms with Gasteiger partial charge in [-0.3, -0.25) is 0 Å². The zero-order valence-corrected chi connectivity index (χ0v) is 9.43. The maximum absolute atomic E-state index is 10.3. The van der Waals surface area contributed by atoms with Crippen molar-refractivity contribution >= 4 is 24.1 Å². The Morgan fingerprint density at radius 1 is 1.40 bits per heavy atom. The molecule has 0 unspecified atom stereocenters. The lowest BCUT2D eigenvalue weighted by molar-refractivity contribution is -0.139. The van der Waals surface area contributed by atoms with Crippen LogP contribution < -0.4 is 10.5 Å². The fourth-order valence-corrected chi connectivity index (χ4v) is 1.16. The summed E-state index contributed by atoms with van der Waals surface area (Å²) in [6.07, 6.45) is 0. The Morgan fingerprint density at radius 2 is 1.87 bits per heavy atom. The van der Waals surface area contributed by atoms with E-state index in [9.17, 15) is 4.79 Å². The van der Waals surface area contributed by atoms with Gasteiger partial charge in [-0.1, -0.05) is 0 Å². The summed E-state index contributed by atoms with van der Waals surface area (Å²) in [7, 11) is 0. The van der Waals surface area contributed by atoms with Gasteiger partial charge in [-0.15, -0.1) is 12.4 Å². The average molecular weight is 232 g/mol. The first-order chi connectivity index (χ1) is 6.50. The molecule has 3 N–H and O–H groups in total. The number of aryl methyl sites for hydroxylation is 2. The number of halogens is 1. The molecule has 0 bridgehead atoms. The van der Waals surface area contributed by atoms with E-state index in [-0.39, 0.29) is 19.0 Å². The first-order valence-corrected chi connectivity index (χ1v) is 4.22. The highest BCUT2D eigenvalue weighted by molar-refractivity contribution is 5.85. The molecule has 0 heterocycles. The van der Waals surface area contributed by atoms with Crippen molar-refractivity contribution in [1.29, 1.82) is 0 Å². The maximum atomic E-state index is 10.3. The predicted octanol–water partition coefficient (Wildman–Crippen LogP) is 1.77. The van der Waals surface area contributed by atoms with Crippen molar-refractivity contribution in [3.63, 3.8) is 0 Å². The molecular formula is C10H14ClNO3. The van der Waals surface area contributed by atoms with Gasteiger partial charge in [-0.05, 0) is 37.1 Å². The van der Waals surface area contributed by atoms with Crippen molar-refractivity contribution in [3.8, 4) is 5.75 Å². The van der Waals surface area contributed by atoms with Crippen LogP contribution in [-0.2, 0) is 4.79 Å². The number of nitrogens with two attached hydrogens (primary N) is 1. The lowest BCUT2D eigenvalue weighted by Gasteiger charge is -2.08. The molecule has 0 aliphatic rings. The third-order valence-electron chi connectivity index (χ3n) is 1.93. The second kappa shape index (κ2) is 5.46. The van der Waals surface area contributed by atoms with Gasteiger partial charge in [0.1, 0.15) is 5.75 Å². The van der Waals surface area contributed by atoms with E-state index in [4.69, 9.17) is 15.6 Å². The number of benzene rings is 1. The summed E-state index contributed by atoms with van der Waals surface area (Å²) in [4.78, 5) is 10.3. The third-order valence-corrected chi connectivity index (χ3v) is 1.93. The van der Waals surface area contributed by atoms with Gasteiger partial charge in [0.25, 0.3) is 0 Å². The van der Waals surface area contributed by atoms with Crippen LogP contribution in [0.3, 0.4) is 0 Å². The topological polar surface area (TPSA) is 72.5 Å². The molecule has 0 spiro atoms. The van der Waals surface area contributed by atoms with Crippen LogP contribution in [0.2, 0.25) is 0 Å². The largest absolute Gasteiger partial charge is 0.482 e. The first-order valence-electron chi connectivity index (χ1n) is 4.22. The Balaban J connectivity index is 0.00000196. The number of carbonyl (C=O) groups is 1. The number of nitrogen functional groups attached to an aromatic ring is 1. The summed E-state index contributed by atoms with van der Waals surface area (Å²) < 4.78 is 5.03. The minimum atomic E-state index is -0.989. The normalized spacial score (nSPS) is 9.20. The van der Waals surface area contributed by atoms with Crippen LogP contribution in [-0.4, -0.2) is 17.7 Å². The number of aliphatic carboxylic acids is 1. The van der Waals surface area contributed by atoms with Crippen LogP contribution >= 0.6 is 12.4 Å². The molecule has 1 rings (SSSR count). The van der Waals surface area contributed by atoms with Gasteiger partial charge in [0.05, 0.1) is 0 Å². The molecule has 0 aliphatic carbocycles. The zero-order valence-electron chi connectivity index (χ0n) is 8.61. The molecule has 15 heavy (non-hydrogen) atoms. The van der Waals surface area contributed by atoms with Crippen molar-refractivity contribution in [1.82, 2.24) is 0 Å². The molecule has 0 saturated heterocycles. The molecule has 0 radical (unpaired) electrons. The summed E-state index contributed by atoms with van der Waals surface area (Å²) >= 11 is 0. The molecular weight excluding hydrogens is 218 g/mol. The monoisotopic (exact) mass is 231 g/mol. The summed E-state index contributed by atoms with van der Waals surface area (Å²) in [5.74, 6) is -0.450. The van der Waals surface area contributed by atoms with Crippen LogP contribution in [0.15, 0.2) is 12.1 Å². The first kappa shape index (κ1) is 13.6. The van der Waals surface area contributed by atoms with E-state index >= 15 is 0 Å². The predicted molar refractivity (Wildman–Crippen MR) is 60.7 cm³/mol. The van der Waals surface area contributed by atoms with Gasteiger partial charge < -0.3 is 15.6 Å². The van der Waals surface area contributed by atoms with E-state index in [0.717, 1.165) is 11.1 Å². The van der Waals surface area contributed by atoms with Crippen molar-refractivity contribution in [3.05, 3.63) is 23.3 Å². The molecule has 84 valence electrons.